The molecule has 4 rings (SSSR count). The van der Waals surface area contributed by atoms with Crippen LogP contribution in [0.3, 0.4) is 0 Å². The van der Waals surface area contributed by atoms with Gasteiger partial charge in [-0.05, 0) is 42.5 Å². The lowest BCUT2D eigenvalue weighted by molar-refractivity contribution is 0.0195. The van der Waals surface area contributed by atoms with Gasteiger partial charge in [0.25, 0.3) is 0 Å². The molecule has 126 valence electrons. The maximum Gasteiger partial charge on any atom is 0.348 e. The van der Waals surface area contributed by atoms with Crippen molar-refractivity contribution >= 4 is 17.3 Å². The van der Waals surface area contributed by atoms with Gasteiger partial charge in [0, 0.05) is 25.6 Å². The Labute approximate surface area is 146 Å². The summed E-state index contributed by atoms with van der Waals surface area (Å²) in [7, 11) is 0. The standard InChI is InChI=1S/C19H21NO3S/c1-2-22-16-6-3-5-14(9-16)11-20-12-15-10-19(15,13-20)23-18(21)17-7-4-8-24-17/h3-9,15H,2,10-13H2,1H3. The smallest absolute Gasteiger partial charge is 0.348 e. The Morgan fingerprint density at radius 1 is 1.38 bits per heavy atom. The second-order valence-electron chi connectivity index (χ2n) is 6.58. The van der Waals surface area contributed by atoms with Crippen LogP contribution in [0.2, 0.25) is 0 Å². The van der Waals surface area contributed by atoms with Gasteiger partial charge < -0.3 is 9.47 Å². The van der Waals surface area contributed by atoms with Gasteiger partial charge in [-0.2, -0.15) is 0 Å². The molecular formula is C19H21NO3S. The fraction of sp³-hybridized carbons (Fsp3) is 0.421. The summed E-state index contributed by atoms with van der Waals surface area (Å²) in [4.78, 5) is 15.3. The molecule has 2 aromatic rings. The topological polar surface area (TPSA) is 38.8 Å². The Morgan fingerprint density at radius 3 is 3.08 bits per heavy atom. The SMILES string of the molecule is CCOc1cccc(CN2CC3CC3(OC(=O)c3cccs3)C2)c1. The number of ether oxygens (including phenoxy) is 2. The van der Waals surface area contributed by atoms with Crippen molar-refractivity contribution in [2.45, 2.75) is 25.5 Å². The molecule has 2 heterocycles. The number of hydrogen-bond donors (Lipinski definition) is 0. The lowest BCUT2D eigenvalue weighted by atomic mass is 10.2. The summed E-state index contributed by atoms with van der Waals surface area (Å²) in [6.45, 7) is 5.36. The molecule has 2 unspecified atom stereocenters. The van der Waals surface area contributed by atoms with Crippen molar-refractivity contribution in [2.75, 3.05) is 19.7 Å². The van der Waals surface area contributed by atoms with Gasteiger partial charge in [-0.1, -0.05) is 18.2 Å². The highest BCUT2D eigenvalue weighted by Crippen LogP contribution is 2.53. The summed E-state index contributed by atoms with van der Waals surface area (Å²) in [5, 5.41) is 1.91. The molecule has 1 saturated carbocycles. The predicted octanol–water partition coefficient (Wildman–Crippen LogP) is 3.58. The Balaban J connectivity index is 1.37. The monoisotopic (exact) mass is 343 g/mol. The zero-order chi connectivity index (χ0) is 16.6. The highest BCUT2D eigenvalue weighted by Gasteiger charge is 2.63. The highest BCUT2D eigenvalue weighted by atomic mass is 32.1. The molecular weight excluding hydrogens is 322 g/mol. The molecule has 1 aromatic heterocycles. The van der Waals surface area contributed by atoms with Crippen molar-refractivity contribution in [3.05, 3.63) is 52.2 Å². The van der Waals surface area contributed by atoms with Crippen LogP contribution in [-0.4, -0.2) is 36.2 Å². The number of fused-ring (bicyclic) bond motifs is 1. The van der Waals surface area contributed by atoms with Crippen LogP contribution >= 0.6 is 11.3 Å². The molecule has 0 spiro atoms. The van der Waals surface area contributed by atoms with Crippen LogP contribution in [0.1, 0.15) is 28.6 Å². The molecule has 2 fully saturated rings. The van der Waals surface area contributed by atoms with E-state index in [0.717, 1.165) is 31.8 Å². The van der Waals surface area contributed by atoms with Gasteiger partial charge in [0.2, 0.25) is 0 Å². The third-order valence-corrected chi connectivity index (χ3v) is 5.63. The van der Waals surface area contributed by atoms with Crippen molar-refractivity contribution < 1.29 is 14.3 Å². The minimum absolute atomic E-state index is 0.173. The normalized spacial score (nSPS) is 25.3. The molecule has 5 heteroatoms. The molecule has 24 heavy (non-hydrogen) atoms. The number of likely N-dealkylation sites (tertiary alicyclic amines) is 1. The number of benzene rings is 1. The van der Waals surface area contributed by atoms with E-state index in [4.69, 9.17) is 9.47 Å². The van der Waals surface area contributed by atoms with Crippen molar-refractivity contribution in [3.8, 4) is 5.75 Å². The molecule has 4 nitrogen and oxygen atoms in total. The first-order valence-corrected chi connectivity index (χ1v) is 9.27. The fourth-order valence-electron chi connectivity index (χ4n) is 3.60. The molecule has 0 bridgehead atoms. The molecule has 2 aliphatic rings. The van der Waals surface area contributed by atoms with E-state index in [1.165, 1.54) is 16.9 Å². The average Bonchev–Trinajstić information content (AvgIpc) is 2.96. The molecule has 1 aromatic carbocycles. The zero-order valence-electron chi connectivity index (χ0n) is 13.7. The number of piperidine rings is 1. The first-order valence-electron chi connectivity index (χ1n) is 8.39. The zero-order valence-corrected chi connectivity index (χ0v) is 14.6. The quantitative estimate of drug-likeness (QED) is 0.752. The van der Waals surface area contributed by atoms with Crippen molar-refractivity contribution in [1.82, 2.24) is 4.90 Å². The van der Waals surface area contributed by atoms with Crippen molar-refractivity contribution in [2.24, 2.45) is 5.92 Å². The molecule has 1 aliphatic carbocycles. The number of carbonyl (C=O) groups is 1. The van der Waals surface area contributed by atoms with E-state index in [1.54, 1.807) is 0 Å². The van der Waals surface area contributed by atoms with Gasteiger partial charge in [-0.3, -0.25) is 4.90 Å². The predicted molar refractivity (Wildman–Crippen MR) is 93.5 cm³/mol. The average molecular weight is 343 g/mol. The van der Waals surface area contributed by atoms with Gasteiger partial charge in [-0.25, -0.2) is 4.79 Å². The number of hydrogen-bond acceptors (Lipinski definition) is 5. The largest absolute Gasteiger partial charge is 0.494 e. The number of esters is 1. The Bertz CT molecular complexity index is 730. The number of rotatable bonds is 6. The van der Waals surface area contributed by atoms with Crippen molar-refractivity contribution in [3.63, 3.8) is 0 Å². The summed E-state index contributed by atoms with van der Waals surface area (Å²) >= 11 is 1.44. The van der Waals surface area contributed by atoms with Crippen LogP contribution in [-0.2, 0) is 11.3 Å². The summed E-state index contributed by atoms with van der Waals surface area (Å²) < 4.78 is 11.4. The minimum atomic E-state index is -0.251. The number of nitrogens with zero attached hydrogens (tertiary/aromatic N) is 1. The second kappa shape index (κ2) is 6.22. The van der Waals surface area contributed by atoms with Gasteiger partial charge in [0.15, 0.2) is 0 Å². The first-order chi connectivity index (χ1) is 11.7. The third kappa shape index (κ3) is 3.06. The maximum atomic E-state index is 12.2. The summed E-state index contributed by atoms with van der Waals surface area (Å²) in [6, 6.07) is 11.9. The first kappa shape index (κ1) is 15.7. The molecule has 0 amide bonds. The highest BCUT2D eigenvalue weighted by molar-refractivity contribution is 7.11. The Hall–Kier alpha value is -1.85. The van der Waals surface area contributed by atoms with E-state index in [0.29, 0.717) is 17.4 Å². The van der Waals surface area contributed by atoms with Gasteiger partial charge >= 0.3 is 5.97 Å². The Morgan fingerprint density at radius 2 is 2.29 bits per heavy atom. The molecule has 0 N–H and O–H groups in total. The number of thiophene rings is 1. The van der Waals surface area contributed by atoms with E-state index in [1.807, 2.05) is 36.6 Å². The van der Waals surface area contributed by atoms with Crippen LogP contribution in [0.5, 0.6) is 5.75 Å². The van der Waals surface area contributed by atoms with Gasteiger partial charge in [0.1, 0.15) is 16.2 Å². The molecule has 0 radical (unpaired) electrons. The maximum absolute atomic E-state index is 12.2. The lowest BCUT2D eigenvalue weighted by Crippen LogP contribution is -2.30. The van der Waals surface area contributed by atoms with Gasteiger partial charge in [-0.15, -0.1) is 11.3 Å². The van der Waals surface area contributed by atoms with Crippen molar-refractivity contribution in [1.29, 1.82) is 0 Å². The second-order valence-corrected chi connectivity index (χ2v) is 7.53. The lowest BCUT2D eigenvalue weighted by Gasteiger charge is -2.21. The van der Waals surface area contributed by atoms with Crippen LogP contribution in [0.4, 0.5) is 0 Å². The van der Waals surface area contributed by atoms with Crippen LogP contribution in [0.15, 0.2) is 41.8 Å². The number of carbonyl (C=O) groups excluding carboxylic acids is 1. The van der Waals surface area contributed by atoms with Crippen LogP contribution in [0.25, 0.3) is 0 Å². The van der Waals surface area contributed by atoms with E-state index >= 15 is 0 Å². The summed E-state index contributed by atoms with van der Waals surface area (Å²) in [6.07, 6.45) is 1.000. The van der Waals surface area contributed by atoms with Crippen LogP contribution in [0, 0.1) is 5.92 Å². The summed E-state index contributed by atoms with van der Waals surface area (Å²) in [5.74, 6) is 1.22. The van der Waals surface area contributed by atoms with E-state index in [2.05, 4.69) is 17.0 Å². The van der Waals surface area contributed by atoms with E-state index < -0.39 is 0 Å². The van der Waals surface area contributed by atoms with E-state index in [-0.39, 0.29) is 11.6 Å². The molecule has 2 atom stereocenters. The molecule has 1 saturated heterocycles. The minimum Gasteiger partial charge on any atom is -0.494 e. The molecule has 1 aliphatic heterocycles. The summed E-state index contributed by atoms with van der Waals surface area (Å²) in [5.41, 5.74) is 0.987. The Kier molecular flexibility index (Phi) is 4.06. The van der Waals surface area contributed by atoms with E-state index in [9.17, 15) is 4.79 Å². The fourth-order valence-corrected chi connectivity index (χ4v) is 4.20. The van der Waals surface area contributed by atoms with Gasteiger partial charge in [0.05, 0.1) is 6.61 Å². The van der Waals surface area contributed by atoms with Crippen LogP contribution < -0.4 is 4.74 Å². The third-order valence-electron chi connectivity index (χ3n) is 4.78.